The number of thioether (sulfide) groups is 1. The fourth-order valence-electron chi connectivity index (χ4n) is 3.39. The van der Waals surface area contributed by atoms with Gasteiger partial charge in [-0.2, -0.15) is 0 Å². The van der Waals surface area contributed by atoms with Crippen molar-refractivity contribution in [2.24, 2.45) is 0 Å². The highest BCUT2D eigenvalue weighted by Crippen LogP contribution is 2.33. The lowest BCUT2D eigenvalue weighted by molar-refractivity contribution is -0.133. The summed E-state index contributed by atoms with van der Waals surface area (Å²) in [5.74, 6) is 0.229. The SMILES string of the molecule is CSc1nc(C)c(CCC(=O)N2CCc3sccc3[C@@H]2C)c(C)n1. The Hall–Kier alpha value is -1.40. The number of fused-ring (bicyclic) bond motifs is 1. The summed E-state index contributed by atoms with van der Waals surface area (Å²) in [7, 11) is 0. The van der Waals surface area contributed by atoms with Crippen molar-refractivity contribution >= 4 is 29.0 Å². The predicted molar refractivity (Wildman–Crippen MR) is 99.8 cm³/mol. The molecule has 0 saturated carbocycles. The van der Waals surface area contributed by atoms with E-state index in [0.717, 1.165) is 35.1 Å². The molecule has 0 fully saturated rings. The monoisotopic (exact) mass is 361 g/mol. The van der Waals surface area contributed by atoms with Crippen LogP contribution in [-0.4, -0.2) is 33.6 Å². The molecule has 3 rings (SSSR count). The minimum absolute atomic E-state index is 0.185. The van der Waals surface area contributed by atoms with Gasteiger partial charge in [-0.05, 0) is 62.4 Å². The third kappa shape index (κ3) is 3.35. The minimum atomic E-state index is 0.185. The lowest BCUT2D eigenvalue weighted by atomic mass is 10.00. The molecule has 0 aliphatic carbocycles. The van der Waals surface area contributed by atoms with Gasteiger partial charge in [0, 0.05) is 29.2 Å². The third-order valence-electron chi connectivity index (χ3n) is 4.77. The van der Waals surface area contributed by atoms with E-state index >= 15 is 0 Å². The van der Waals surface area contributed by atoms with E-state index in [0.29, 0.717) is 12.8 Å². The molecule has 6 heteroatoms. The van der Waals surface area contributed by atoms with E-state index in [1.165, 1.54) is 10.4 Å². The highest BCUT2D eigenvalue weighted by Gasteiger charge is 2.28. The molecule has 1 amide bonds. The van der Waals surface area contributed by atoms with E-state index in [1.54, 1.807) is 23.1 Å². The Morgan fingerprint density at radius 3 is 2.75 bits per heavy atom. The Kier molecular flexibility index (Phi) is 5.25. The van der Waals surface area contributed by atoms with E-state index < -0.39 is 0 Å². The molecule has 128 valence electrons. The van der Waals surface area contributed by atoms with Crippen molar-refractivity contribution in [1.82, 2.24) is 14.9 Å². The fraction of sp³-hybridized carbons (Fsp3) is 0.500. The number of hydrogen-bond acceptors (Lipinski definition) is 5. The zero-order valence-corrected chi connectivity index (χ0v) is 16.3. The zero-order valence-electron chi connectivity index (χ0n) is 14.6. The molecule has 0 spiro atoms. The summed E-state index contributed by atoms with van der Waals surface area (Å²) >= 11 is 3.36. The van der Waals surface area contributed by atoms with Crippen LogP contribution >= 0.6 is 23.1 Å². The van der Waals surface area contributed by atoms with Crippen molar-refractivity contribution < 1.29 is 4.79 Å². The molecule has 4 nitrogen and oxygen atoms in total. The Bertz CT molecular complexity index is 733. The van der Waals surface area contributed by atoms with Gasteiger partial charge < -0.3 is 4.90 Å². The molecular formula is C18H23N3OS2. The first-order chi connectivity index (χ1) is 11.5. The van der Waals surface area contributed by atoms with Gasteiger partial charge in [-0.1, -0.05) is 11.8 Å². The molecule has 0 radical (unpaired) electrons. The molecule has 2 aromatic heterocycles. The summed E-state index contributed by atoms with van der Waals surface area (Å²) in [6.07, 6.45) is 4.19. The number of rotatable bonds is 4. The second-order valence-electron chi connectivity index (χ2n) is 6.17. The van der Waals surface area contributed by atoms with Gasteiger partial charge in [0.15, 0.2) is 5.16 Å². The summed E-state index contributed by atoms with van der Waals surface area (Å²) in [6.45, 7) is 6.98. The van der Waals surface area contributed by atoms with Crippen LogP contribution < -0.4 is 0 Å². The van der Waals surface area contributed by atoms with Crippen molar-refractivity contribution in [3.8, 4) is 0 Å². The maximum Gasteiger partial charge on any atom is 0.223 e. The molecule has 2 aromatic rings. The van der Waals surface area contributed by atoms with Gasteiger partial charge in [0.25, 0.3) is 0 Å². The van der Waals surface area contributed by atoms with Crippen molar-refractivity contribution in [1.29, 1.82) is 0 Å². The number of aromatic nitrogens is 2. The maximum absolute atomic E-state index is 12.7. The van der Waals surface area contributed by atoms with Crippen LogP contribution in [0.25, 0.3) is 0 Å². The molecule has 0 N–H and O–H groups in total. The Labute approximate surface area is 151 Å². The van der Waals surface area contributed by atoms with Crippen LogP contribution in [0.5, 0.6) is 0 Å². The minimum Gasteiger partial charge on any atom is -0.336 e. The summed E-state index contributed by atoms with van der Waals surface area (Å²) in [5.41, 5.74) is 4.42. The van der Waals surface area contributed by atoms with Crippen LogP contribution in [0, 0.1) is 13.8 Å². The van der Waals surface area contributed by atoms with Crippen LogP contribution in [0.4, 0.5) is 0 Å². The second-order valence-corrected chi connectivity index (χ2v) is 7.95. The van der Waals surface area contributed by atoms with E-state index in [9.17, 15) is 4.79 Å². The average molecular weight is 362 g/mol. The Morgan fingerprint density at radius 1 is 1.38 bits per heavy atom. The van der Waals surface area contributed by atoms with E-state index in [4.69, 9.17) is 0 Å². The quantitative estimate of drug-likeness (QED) is 0.611. The molecule has 1 atom stereocenters. The first-order valence-electron chi connectivity index (χ1n) is 8.25. The number of amides is 1. The molecule has 1 aliphatic heterocycles. The number of aryl methyl sites for hydroxylation is 2. The highest BCUT2D eigenvalue weighted by molar-refractivity contribution is 7.98. The van der Waals surface area contributed by atoms with Crippen LogP contribution in [0.1, 0.15) is 46.8 Å². The molecule has 0 aromatic carbocycles. The largest absolute Gasteiger partial charge is 0.336 e. The lowest BCUT2D eigenvalue weighted by Gasteiger charge is -2.33. The van der Waals surface area contributed by atoms with E-state index in [-0.39, 0.29) is 11.9 Å². The predicted octanol–water partition coefficient (Wildman–Crippen LogP) is 3.96. The van der Waals surface area contributed by atoms with Gasteiger partial charge in [0.1, 0.15) is 0 Å². The van der Waals surface area contributed by atoms with Crippen LogP contribution in [0.3, 0.4) is 0 Å². The zero-order chi connectivity index (χ0) is 17.3. The topological polar surface area (TPSA) is 46.1 Å². The summed E-state index contributed by atoms with van der Waals surface area (Å²) in [6, 6.07) is 2.35. The summed E-state index contributed by atoms with van der Waals surface area (Å²) < 4.78 is 0. The van der Waals surface area contributed by atoms with Crippen molar-refractivity contribution in [3.05, 3.63) is 38.8 Å². The van der Waals surface area contributed by atoms with Crippen LogP contribution in [0.2, 0.25) is 0 Å². The van der Waals surface area contributed by atoms with Crippen molar-refractivity contribution in [3.63, 3.8) is 0 Å². The van der Waals surface area contributed by atoms with Crippen molar-refractivity contribution in [2.75, 3.05) is 12.8 Å². The number of carbonyl (C=O) groups is 1. The third-order valence-corrected chi connectivity index (χ3v) is 6.31. The van der Waals surface area contributed by atoms with Crippen LogP contribution in [-0.2, 0) is 17.6 Å². The number of thiophene rings is 1. The van der Waals surface area contributed by atoms with E-state index in [2.05, 4.69) is 28.3 Å². The number of nitrogens with zero attached hydrogens (tertiary/aromatic N) is 3. The number of carbonyl (C=O) groups excluding carboxylic acids is 1. The fourth-order valence-corrected chi connectivity index (χ4v) is 4.81. The Balaban J connectivity index is 1.69. The summed E-state index contributed by atoms with van der Waals surface area (Å²) in [5, 5.41) is 2.93. The summed E-state index contributed by atoms with van der Waals surface area (Å²) in [4.78, 5) is 25.2. The molecule has 0 unspecified atom stereocenters. The molecule has 0 saturated heterocycles. The van der Waals surface area contributed by atoms with E-state index in [1.807, 2.05) is 25.0 Å². The van der Waals surface area contributed by atoms with Gasteiger partial charge in [-0.25, -0.2) is 9.97 Å². The lowest BCUT2D eigenvalue weighted by Crippen LogP contribution is -2.38. The van der Waals surface area contributed by atoms with Crippen LogP contribution in [0.15, 0.2) is 16.6 Å². The van der Waals surface area contributed by atoms with Gasteiger partial charge in [-0.15, -0.1) is 11.3 Å². The van der Waals surface area contributed by atoms with Gasteiger partial charge in [-0.3, -0.25) is 4.79 Å². The molecule has 24 heavy (non-hydrogen) atoms. The average Bonchev–Trinajstić information content (AvgIpc) is 3.03. The molecule has 0 bridgehead atoms. The Morgan fingerprint density at radius 2 is 2.08 bits per heavy atom. The van der Waals surface area contributed by atoms with Gasteiger partial charge in [0.2, 0.25) is 5.91 Å². The molecule has 1 aliphatic rings. The smallest absolute Gasteiger partial charge is 0.223 e. The maximum atomic E-state index is 12.7. The molecule has 3 heterocycles. The number of hydrogen-bond donors (Lipinski definition) is 0. The first kappa shape index (κ1) is 17.4. The molecular weight excluding hydrogens is 338 g/mol. The standard InChI is InChI=1S/C18H23N3OS2/c1-11-14(12(2)20-18(19-11)23-4)5-6-17(22)21-9-7-16-15(13(21)3)8-10-24-16/h8,10,13H,5-7,9H2,1-4H3/t13-/m0/s1. The first-order valence-corrected chi connectivity index (χ1v) is 10.4. The second kappa shape index (κ2) is 7.23. The van der Waals surface area contributed by atoms with Crippen molar-refractivity contribution in [2.45, 2.75) is 51.2 Å². The van der Waals surface area contributed by atoms with Gasteiger partial charge >= 0.3 is 0 Å². The van der Waals surface area contributed by atoms with Gasteiger partial charge in [0.05, 0.1) is 6.04 Å². The highest BCUT2D eigenvalue weighted by atomic mass is 32.2. The normalized spacial score (nSPS) is 17.0.